The first-order valence-electron chi connectivity index (χ1n) is 9.57. The molecule has 0 saturated carbocycles. The number of rotatable bonds is 8. The third-order valence-corrected chi connectivity index (χ3v) is 4.99. The first-order valence-corrected chi connectivity index (χ1v) is 9.98. The maximum absolute atomic E-state index is 13.1. The number of nitrogens with zero attached hydrogens (tertiary/aromatic N) is 2. The van der Waals surface area contributed by atoms with E-state index in [1.165, 1.54) is 0 Å². The molecule has 0 fully saturated rings. The number of hydrogen-bond acceptors (Lipinski definition) is 3. The highest BCUT2D eigenvalue weighted by Gasteiger charge is 2.24. The van der Waals surface area contributed by atoms with Crippen LogP contribution in [0.25, 0.3) is 0 Å². The predicted molar refractivity (Wildman–Crippen MR) is 122 cm³/mol. The lowest BCUT2D eigenvalue weighted by Gasteiger charge is -2.33. The van der Waals surface area contributed by atoms with E-state index >= 15 is 0 Å². The zero-order chi connectivity index (χ0) is 20.7. The molecule has 0 saturated heterocycles. The summed E-state index contributed by atoms with van der Waals surface area (Å²) < 4.78 is 0. The summed E-state index contributed by atoms with van der Waals surface area (Å²) in [5.41, 5.74) is 2.74. The van der Waals surface area contributed by atoms with Crippen LogP contribution in [0.5, 0.6) is 0 Å². The molecule has 4 nitrogen and oxygen atoms in total. The Hall–Kier alpha value is -2.40. The maximum Gasteiger partial charge on any atom is 0.254 e. The van der Waals surface area contributed by atoms with E-state index in [9.17, 15) is 4.79 Å². The summed E-state index contributed by atoms with van der Waals surface area (Å²) in [6, 6.07) is 17.5. The SMILES string of the molecule is [CH2]C(CCNC(=S)c1ccccc1)N(C(=O)c1ccc(N(C)C)cc1)C(C)C. The van der Waals surface area contributed by atoms with Crippen LogP contribution in [0.15, 0.2) is 54.6 Å². The van der Waals surface area contributed by atoms with Crippen molar-refractivity contribution in [2.24, 2.45) is 0 Å². The molecular weight excluding hydrogens is 366 g/mol. The fraction of sp³-hybridized carbons (Fsp3) is 0.348. The topological polar surface area (TPSA) is 35.6 Å². The van der Waals surface area contributed by atoms with Crippen molar-refractivity contribution in [2.45, 2.75) is 32.4 Å². The lowest BCUT2D eigenvalue weighted by molar-refractivity contribution is 0.0643. The monoisotopic (exact) mass is 396 g/mol. The predicted octanol–water partition coefficient (Wildman–Crippen LogP) is 4.16. The van der Waals surface area contributed by atoms with Crippen LogP contribution in [0.3, 0.4) is 0 Å². The van der Waals surface area contributed by atoms with Gasteiger partial charge in [-0.2, -0.15) is 0 Å². The molecular formula is C23H30N3OS. The van der Waals surface area contributed by atoms with Gasteiger partial charge >= 0.3 is 0 Å². The van der Waals surface area contributed by atoms with Gasteiger partial charge in [0.2, 0.25) is 0 Å². The number of thiocarbonyl (C=S) groups is 1. The number of carbonyl (C=O) groups excluding carboxylic acids is 1. The van der Waals surface area contributed by atoms with Gasteiger partial charge in [0.15, 0.2) is 0 Å². The van der Waals surface area contributed by atoms with E-state index in [4.69, 9.17) is 12.2 Å². The lowest BCUT2D eigenvalue weighted by atomic mass is 10.1. The molecule has 1 amide bonds. The molecule has 1 radical (unpaired) electrons. The van der Waals surface area contributed by atoms with Gasteiger partial charge in [0.1, 0.15) is 4.99 Å². The van der Waals surface area contributed by atoms with Gasteiger partial charge in [0, 0.05) is 49.5 Å². The molecule has 2 aromatic carbocycles. The Morgan fingerprint density at radius 2 is 1.64 bits per heavy atom. The molecule has 1 atom stereocenters. The maximum atomic E-state index is 13.1. The van der Waals surface area contributed by atoms with Crippen molar-refractivity contribution in [3.05, 3.63) is 72.6 Å². The molecule has 2 aromatic rings. The highest BCUT2D eigenvalue weighted by Crippen LogP contribution is 2.17. The van der Waals surface area contributed by atoms with Crippen LogP contribution < -0.4 is 10.2 Å². The van der Waals surface area contributed by atoms with Crippen LogP contribution in [0, 0.1) is 6.92 Å². The Labute approximate surface area is 174 Å². The largest absolute Gasteiger partial charge is 0.378 e. The number of benzene rings is 2. The second-order valence-corrected chi connectivity index (χ2v) is 7.72. The molecule has 5 heteroatoms. The van der Waals surface area contributed by atoms with Gasteiger partial charge in [-0.25, -0.2) is 0 Å². The Balaban J connectivity index is 1.98. The van der Waals surface area contributed by atoms with Gasteiger partial charge in [-0.1, -0.05) is 42.5 Å². The van der Waals surface area contributed by atoms with Gasteiger partial charge in [-0.15, -0.1) is 0 Å². The fourth-order valence-corrected chi connectivity index (χ4v) is 3.29. The standard InChI is InChI=1S/C23H30N3OS/c1-17(2)26(23(27)20-11-13-21(14-12-20)25(4)5)18(3)15-16-24-22(28)19-9-7-6-8-10-19/h6-14,17-18H,3,15-16H2,1-2,4-5H3,(H,24,28). The van der Waals surface area contributed by atoms with E-state index in [1.807, 2.05) is 92.3 Å². The molecule has 0 spiro atoms. The molecule has 149 valence electrons. The molecule has 0 bridgehead atoms. The number of anilines is 1. The minimum Gasteiger partial charge on any atom is -0.378 e. The average Bonchev–Trinajstić information content (AvgIpc) is 2.68. The molecule has 0 aliphatic carbocycles. The van der Waals surface area contributed by atoms with Gasteiger partial charge in [0.05, 0.1) is 0 Å². The third-order valence-electron chi connectivity index (χ3n) is 4.61. The molecule has 0 aliphatic rings. The summed E-state index contributed by atoms with van der Waals surface area (Å²) in [6.07, 6.45) is 0.715. The number of carbonyl (C=O) groups is 1. The van der Waals surface area contributed by atoms with Crippen molar-refractivity contribution >= 4 is 28.8 Å². The van der Waals surface area contributed by atoms with Crippen molar-refractivity contribution in [1.82, 2.24) is 10.2 Å². The summed E-state index contributed by atoms with van der Waals surface area (Å²) in [5.74, 6) is 0.00550. The smallest absolute Gasteiger partial charge is 0.254 e. The Morgan fingerprint density at radius 3 is 2.18 bits per heavy atom. The minimum absolute atomic E-state index is 0.00550. The lowest BCUT2D eigenvalue weighted by Crippen LogP contribution is -2.45. The summed E-state index contributed by atoms with van der Waals surface area (Å²) >= 11 is 5.44. The van der Waals surface area contributed by atoms with Gasteiger partial charge in [-0.05, 0) is 51.5 Å². The van der Waals surface area contributed by atoms with E-state index in [0.717, 1.165) is 16.2 Å². The van der Waals surface area contributed by atoms with Crippen molar-refractivity contribution in [3.63, 3.8) is 0 Å². The minimum atomic E-state index is -0.146. The Morgan fingerprint density at radius 1 is 1.04 bits per heavy atom. The van der Waals surface area contributed by atoms with Crippen LogP contribution in [-0.4, -0.2) is 48.5 Å². The molecule has 28 heavy (non-hydrogen) atoms. The molecule has 1 N–H and O–H groups in total. The van der Waals surface area contributed by atoms with Crippen molar-refractivity contribution < 1.29 is 4.79 Å². The first-order chi connectivity index (χ1) is 13.3. The van der Waals surface area contributed by atoms with Gasteiger partial charge in [0.25, 0.3) is 5.91 Å². The van der Waals surface area contributed by atoms with Crippen LogP contribution >= 0.6 is 12.2 Å². The van der Waals surface area contributed by atoms with Crippen molar-refractivity contribution in [2.75, 3.05) is 25.5 Å². The highest BCUT2D eigenvalue weighted by atomic mass is 32.1. The van der Waals surface area contributed by atoms with Crippen LogP contribution in [-0.2, 0) is 0 Å². The van der Waals surface area contributed by atoms with Crippen LogP contribution in [0.1, 0.15) is 36.2 Å². The normalized spacial score (nSPS) is 11.8. The van der Waals surface area contributed by atoms with E-state index in [0.29, 0.717) is 18.5 Å². The van der Waals surface area contributed by atoms with Gasteiger partial charge < -0.3 is 15.1 Å². The number of nitrogens with one attached hydrogen (secondary N) is 1. The molecule has 0 aromatic heterocycles. The molecule has 1 unspecified atom stereocenters. The summed E-state index contributed by atoms with van der Waals surface area (Å²) in [7, 11) is 3.96. The first kappa shape index (κ1) is 21.9. The fourth-order valence-electron chi connectivity index (χ4n) is 3.06. The number of amides is 1. The summed E-state index contributed by atoms with van der Waals surface area (Å²) in [5, 5.41) is 3.27. The molecule has 2 rings (SSSR count). The van der Waals surface area contributed by atoms with Crippen LogP contribution in [0.2, 0.25) is 0 Å². The summed E-state index contributed by atoms with van der Waals surface area (Å²) in [6.45, 7) is 8.94. The van der Waals surface area contributed by atoms with Crippen molar-refractivity contribution in [3.8, 4) is 0 Å². The zero-order valence-electron chi connectivity index (χ0n) is 17.2. The molecule has 0 heterocycles. The second kappa shape index (κ2) is 10.2. The Bertz CT molecular complexity index is 772. The van der Waals surface area contributed by atoms with E-state index in [1.54, 1.807) is 0 Å². The quantitative estimate of drug-likeness (QED) is 0.680. The number of hydrogen-bond donors (Lipinski definition) is 1. The van der Waals surface area contributed by atoms with E-state index < -0.39 is 0 Å². The second-order valence-electron chi connectivity index (χ2n) is 7.31. The molecule has 0 aliphatic heterocycles. The highest BCUT2D eigenvalue weighted by molar-refractivity contribution is 7.80. The van der Waals surface area contributed by atoms with E-state index in [-0.39, 0.29) is 18.0 Å². The van der Waals surface area contributed by atoms with Gasteiger partial charge in [-0.3, -0.25) is 4.79 Å². The Kier molecular flexibility index (Phi) is 8.00. The van der Waals surface area contributed by atoms with E-state index in [2.05, 4.69) is 12.2 Å². The average molecular weight is 397 g/mol. The zero-order valence-corrected chi connectivity index (χ0v) is 18.0. The third kappa shape index (κ3) is 5.80. The van der Waals surface area contributed by atoms with Crippen LogP contribution in [0.4, 0.5) is 5.69 Å². The van der Waals surface area contributed by atoms with Crippen molar-refractivity contribution in [1.29, 1.82) is 0 Å². The summed E-state index contributed by atoms with van der Waals surface area (Å²) in [4.78, 5) is 17.6.